The smallest absolute Gasteiger partial charge is 0.271 e. The van der Waals surface area contributed by atoms with E-state index in [0.717, 1.165) is 6.54 Å². The van der Waals surface area contributed by atoms with Crippen LogP contribution in [0.1, 0.15) is 68.9 Å². The number of hydrogen-bond donors (Lipinski definition) is 1. The van der Waals surface area contributed by atoms with E-state index < -0.39 is 0 Å². The van der Waals surface area contributed by atoms with Crippen molar-refractivity contribution >= 4 is 5.91 Å². The zero-order valence-corrected chi connectivity index (χ0v) is 12.1. The van der Waals surface area contributed by atoms with Crippen molar-refractivity contribution < 1.29 is 4.79 Å². The number of nitrogens with one attached hydrogen (secondary N) is 1. The van der Waals surface area contributed by atoms with E-state index in [1.807, 2.05) is 10.8 Å². The first-order chi connectivity index (χ1) is 9.16. The lowest BCUT2D eigenvalue weighted by Crippen LogP contribution is -2.29. The van der Waals surface area contributed by atoms with Crippen molar-refractivity contribution in [2.45, 2.75) is 58.4 Å². The van der Waals surface area contributed by atoms with Crippen LogP contribution in [0.2, 0.25) is 0 Å². The second-order valence-electron chi connectivity index (χ2n) is 5.87. The lowest BCUT2D eigenvalue weighted by Gasteiger charge is -2.14. The van der Waals surface area contributed by atoms with Gasteiger partial charge in [0.05, 0.1) is 6.33 Å². The van der Waals surface area contributed by atoms with E-state index in [1.165, 1.54) is 38.5 Å². The first-order valence-corrected chi connectivity index (χ1v) is 7.48. The first kappa shape index (κ1) is 14.1. The highest BCUT2D eigenvalue weighted by Gasteiger charge is 2.15. The van der Waals surface area contributed by atoms with E-state index in [1.54, 1.807) is 6.33 Å². The van der Waals surface area contributed by atoms with Crippen molar-refractivity contribution in [3.05, 3.63) is 18.2 Å². The van der Waals surface area contributed by atoms with Gasteiger partial charge in [-0.1, -0.05) is 25.7 Å². The third-order valence-electron chi connectivity index (χ3n) is 3.96. The van der Waals surface area contributed by atoms with Crippen molar-refractivity contribution in [1.82, 2.24) is 14.9 Å². The number of carbonyl (C=O) groups excluding carboxylic acids is 1. The lowest BCUT2D eigenvalue weighted by molar-refractivity contribution is 0.0941. The van der Waals surface area contributed by atoms with E-state index in [0.29, 0.717) is 17.7 Å². The largest absolute Gasteiger partial charge is 0.350 e. The molecule has 19 heavy (non-hydrogen) atoms. The molecule has 0 radical (unpaired) electrons. The molecule has 2 rings (SSSR count). The molecule has 1 fully saturated rings. The van der Waals surface area contributed by atoms with Gasteiger partial charge in [-0.05, 0) is 32.6 Å². The van der Waals surface area contributed by atoms with Crippen LogP contribution < -0.4 is 5.32 Å². The Balaban J connectivity index is 1.82. The highest BCUT2D eigenvalue weighted by molar-refractivity contribution is 5.91. The van der Waals surface area contributed by atoms with Gasteiger partial charge in [-0.15, -0.1) is 0 Å². The van der Waals surface area contributed by atoms with Gasteiger partial charge in [0, 0.05) is 18.8 Å². The number of rotatable bonds is 4. The maximum absolute atomic E-state index is 12.0. The van der Waals surface area contributed by atoms with E-state index in [4.69, 9.17) is 0 Å². The summed E-state index contributed by atoms with van der Waals surface area (Å²) in [5.74, 6) is 0.613. The number of carbonyl (C=O) groups is 1. The normalized spacial score (nSPS) is 17.4. The molecule has 1 aromatic rings. The maximum atomic E-state index is 12.0. The Hall–Kier alpha value is -1.32. The summed E-state index contributed by atoms with van der Waals surface area (Å²) in [6.07, 6.45) is 11.4. The fraction of sp³-hybridized carbons (Fsp3) is 0.733. The van der Waals surface area contributed by atoms with Crippen LogP contribution in [0, 0.1) is 5.92 Å². The second-order valence-corrected chi connectivity index (χ2v) is 5.87. The molecule has 1 N–H and O–H groups in total. The molecule has 1 aliphatic carbocycles. The van der Waals surface area contributed by atoms with Gasteiger partial charge in [0.2, 0.25) is 0 Å². The Morgan fingerprint density at radius 2 is 2.05 bits per heavy atom. The van der Waals surface area contributed by atoms with Crippen LogP contribution in [0.3, 0.4) is 0 Å². The second kappa shape index (κ2) is 6.73. The summed E-state index contributed by atoms with van der Waals surface area (Å²) in [5, 5.41) is 3.03. The van der Waals surface area contributed by atoms with Gasteiger partial charge in [-0.3, -0.25) is 4.79 Å². The summed E-state index contributed by atoms with van der Waals surface area (Å²) in [6.45, 7) is 4.96. The molecular weight excluding hydrogens is 238 g/mol. The lowest BCUT2D eigenvalue weighted by atomic mass is 10.0. The standard InChI is InChI=1S/C15H25N3O/c1-12(2)18-10-14(17-11-18)15(19)16-9-13-7-5-3-4-6-8-13/h10-13H,3-9H2,1-2H3,(H,16,19). The Bertz CT molecular complexity index is 403. The van der Waals surface area contributed by atoms with E-state index in [2.05, 4.69) is 24.1 Å². The molecule has 0 unspecified atom stereocenters. The van der Waals surface area contributed by atoms with Gasteiger partial charge >= 0.3 is 0 Å². The molecule has 0 saturated heterocycles. The molecule has 4 heteroatoms. The Kier molecular flexibility index (Phi) is 5.00. The van der Waals surface area contributed by atoms with Crippen LogP contribution in [0.4, 0.5) is 0 Å². The van der Waals surface area contributed by atoms with Crippen LogP contribution in [0.15, 0.2) is 12.5 Å². The Morgan fingerprint density at radius 3 is 2.63 bits per heavy atom. The molecule has 1 aromatic heterocycles. The number of hydrogen-bond acceptors (Lipinski definition) is 2. The van der Waals surface area contributed by atoms with Crippen molar-refractivity contribution in [2.75, 3.05) is 6.54 Å². The highest BCUT2D eigenvalue weighted by Crippen LogP contribution is 2.22. The molecule has 0 atom stereocenters. The molecule has 1 saturated carbocycles. The molecule has 0 aromatic carbocycles. The van der Waals surface area contributed by atoms with Crippen molar-refractivity contribution in [3.8, 4) is 0 Å². The van der Waals surface area contributed by atoms with Crippen LogP contribution in [0.5, 0.6) is 0 Å². The summed E-state index contributed by atoms with van der Waals surface area (Å²) in [5.41, 5.74) is 0.530. The number of nitrogens with zero attached hydrogens (tertiary/aromatic N) is 2. The molecule has 0 bridgehead atoms. The third kappa shape index (κ3) is 4.08. The molecular formula is C15H25N3O. The van der Waals surface area contributed by atoms with Crippen LogP contribution >= 0.6 is 0 Å². The van der Waals surface area contributed by atoms with Gasteiger partial charge in [0.25, 0.3) is 5.91 Å². The van der Waals surface area contributed by atoms with Gasteiger partial charge < -0.3 is 9.88 Å². The summed E-state index contributed by atoms with van der Waals surface area (Å²) in [4.78, 5) is 16.2. The van der Waals surface area contributed by atoms with Gasteiger partial charge in [-0.2, -0.15) is 0 Å². The summed E-state index contributed by atoms with van der Waals surface area (Å²) in [7, 11) is 0. The number of amides is 1. The zero-order chi connectivity index (χ0) is 13.7. The highest BCUT2D eigenvalue weighted by atomic mass is 16.1. The van der Waals surface area contributed by atoms with Crippen molar-refractivity contribution in [2.24, 2.45) is 5.92 Å². The molecule has 1 heterocycles. The monoisotopic (exact) mass is 263 g/mol. The SMILES string of the molecule is CC(C)n1cnc(C(=O)NCC2CCCCCC2)c1. The molecule has 1 aliphatic rings. The summed E-state index contributed by atoms with van der Waals surface area (Å²) < 4.78 is 1.96. The fourth-order valence-corrected chi connectivity index (χ4v) is 2.63. The third-order valence-corrected chi connectivity index (χ3v) is 3.96. The van der Waals surface area contributed by atoms with Crippen LogP contribution in [-0.2, 0) is 0 Å². The molecule has 0 spiro atoms. The first-order valence-electron chi connectivity index (χ1n) is 7.48. The van der Waals surface area contributed by atoms with E-state index in [-0.39, 0.29) is 5.91 Å². The Labute approximate surface area is 115 Å². The predicted octanol–water partition coefficient (Wildman–Crippen LogP) is 3.16. The molecule has 4 nitrogen and oxygen atoms in total. The minimum atomic E-state index is -0.0383. The Morgan fingerprint density at radius 1 is 1.37 bits per heavy atom. The van der Waals surface area contributed by atoms with Gasteiger partial charge in [-0.25, -0.2) is 4.98 Å². The van der Waals surface area contributed by atoms with Crippen LogP contribution in [-0.4, -0.2) is 22.0 Å². The van der Waals surface area contributed by atoms with Crippen molar-refractivity contribution in [3.63, 3.8) is 0 Å². The minimum absolute atomic E-state index is 0.0383. The van der Waals surface area contributed by atoms with Gasteiger partial charge in [0.15, 0.2) is 0 Å². The molecule has 0 aliphatic heterocycles. The van der Waals surface area contributed by atoms with E-state index in [9.17, 15) is 4.79 Å². The zero-order valence-electron chi connectivity index (χ0n) is 12.1. The molecule has 106 valence electrons. The van der Waals surface area contributed by atoms with Gasteiger partial charge in [0.1, 0.15) is 5.69 Å². The van der Waals surface area contributed by atoms with Crippen LogP contribution in [0.25, 0.3) is 0 Å². The topological polar surface area (TPSA) is 46.9 Å². The summed E-state index contributed by atoms with van der Waals surface area (Å²) >= 11 is 0. The van der Waals surface area contributed by atoms with Crippen molar-refractivity contribution in [1.29, 1.82) is 0 Å². The molecule has 1 amide bonds. The minimum Gasteiger partial charge on any atom is -0.350 e. The quantitative estimate of drug-likeness (QED) is 0.848. The maximum Gasteiger partial charge on any atom is 0.271 e. The average molecular weight is 263 g/mol. The average Bonchev–Trinajstić information content (AvgIpc) is 2.75. The predicted molar refractivity (Wildman–Crippen MR) is 76.1 cm³/mol. The summed E-state index contributed by atoms with van der Waals surface area (Å²) in [6, 6.07) is 0.343. The number of aromatic nitrogens is 2. The fourth-order valence-electron chi connectivity index (χ4n) is 2.63. The van der Waals surface area contributed by atoms with E-state index >= 15 is 0 Å². The number of imidazole rings is 1.